The van der Waals surface area contributed by atoms with E-state index in [4.69, 9.17) is 9.26 Å². The molecule has 3 aromatic heterocycles. The number of nitrogens with zero attached hydrogens (tertiary/aromatic N) is 6. The Kier molecular flexibility index (Phi) is 6.83. The predicted molar refractivity (Wildman–Crippen MR) is 109 cm³/mol. The van der Waals surface area contributed by atoms with Crippen molar-refractivity contribution < 1.29 is 35.6 Å². The van der Waals surface area contributed by atoms with E-state index in [0.29, 0.717) is 31.3 Å². The van der Waals surface area contributed by atoms with Crippen molar-refractivity contribution >= 4 is 11.6 Å². The minimum atomic E-state index is -4.87. The zero-order chi connectivity index (χ0) is 26.1. The van der Waals surface area contributed by atoms with Crippen LogP contribution in [0.25, 0.3) is 0 Å². The maximum Gasteiger partial charge on any atom is 0.423 e. The maximum atomic E-state index is 13.1. The van der Waals surface area contributed by atoms with Crippen molar-refractivity contribution in [3.63, 3.8) is 0 Å². The van der Waals surface area contributed by atoms with Gasteiger partial charge >= 0.3 is 12.4 Å². The highest BCUT2D eigenvalue weighted by Gasteiger charge is 2.38. The average Bonchev–Trinajstić information content (AvgIpc) is 3.20. The second-order valence-electron chi connectivity index (χ2n) is 7.96. The first-order valence-corrected chi connectivity index (χ1v) is 10.4. The van der Waals surface area contributed by atoms with Crippen LogP contribution in [-0.2, 0) is 23.7 Å². The summed E-state index contributed by atoms with van der Waals surface area (Å²) >= 11 is 0. The Bertz CT molecular complexity index is 1240. The third-order valence-corrected chi connectivity index (χ3v) is 5.11. The molecular formula is C19H18F6N8O3. The summed E-state index contributed by atoms with van der Waals surface area (Å²) < 4.78 is 87.7. The summed E-state index contributed by atoms with van der Waals surface area (Å²) in [4.78, 5) is 24.8. The molecule has 0 amide bonds. The maximum absolute atomic E-state index is 13.1. The van der Waals surface area contributed by atoms with Crippen LogP contribution in [0, 0.1) is 0 Å². The number of aromatic nitrogens is 6. The molecule has 4 rings (SSSR count). The summed E-state index contributed by atoms with van der Waals surface area (Å²) in [5.41, 5.74) is -4.17. The third-order valence-electron chi connectivity index (χ3n) is 5.11. The fraction of sp³-hybridized carbons (Fsp3) is 0.474. The van der Waals surface area contributed by atoms with Crippen LogP contribution in [0.1, 0.15) is 35.7 Å². The zero-order valence-corrected chi connectivity index (χ0v) is 18.4. The lowest BCUT2D eigenvalue weighted by molar-refractivity contribution is -0.139. The zero-order valence-electron chi connectivity index (χ0n) is 18.4. The van der Waals surface area contributed by atoms with Gasteiger partial charge in [0.05, 0.1) is 30.0 Å². The van der Waals surface area contributed by atoms with Crippen molar-refractivity contribution in [3.8, 4) is 0 Å². The monoisotopic (exact) mass is 520 g/mol. The van der Waals surface area contributed by atoms with Gasteiger partial charge < -0.3 is 19.5 Å². The molecule has 0 saturated carbocycles. The summed E-state index contributed by atoms with van der Waals surface area (Å²) in [5.74, 6) is 0.498. The lowest BCUT2D eigenvalue weighted by atomic mass is 10.0. The molecule has 1 aliphatic rings. The van der Waals surface area contributed by atoms with Crippen molar-refractivity contribution in [1.82, 2.24) is 30.3 Å². The fourth-order valence-electron chi connectivity index (χ4n) is 3.35. The van der Waals surface area contributed by atoms with Crippen molar-refractivity contribution in [2.75, 3.05) is 29.9 Å². The molecule has 1 saturated heterocycles. The Morgan fingerprint density at radius 1 is 1.17 bits per heavy atom. The quantitative estimate of drug-likeness (QED) is 0.427. The Morgan fingerprint density at radius 2 is 1.86 bits per heavy atom. The van der Waals surface area contributed by atoms with Gasteiger partial charge in [-0.05, 0) is 6.92 Å². The van der Waals surface area contributed by atoms with Gasteiger partial charge in [-0.1, -0.05) is 5.16 Å². The van der Waals surface area contributed by atoms with Gasteiger partial charge in [-0.2, -0.15) is 36.4 Å². The van der Waals surface area contributed by atoms with Gasteiger partial charge in [-0.15, -0.1) is 0 Å². The Hall–Kier alpha value is -3.76. The largest absolute Gasteiger partial charge is 0.423 e. The molecule has 0 bridgehead atoms. The van der Waals surface area contributed by atoms with Crippen LogP contribution in [0.5, 0.6) is 0 Å². The fourth-order valence-corrected chi connectivity index (χ4v) is 3.35. The second kappa shape index (κ2) is 9.71. The summed E-state index contributed by atoms with van der Waals surface area (Å²) in [6, 6.07) is -0.624. The van der Waals surface area contributed by atoms with E-state index < -0.39 is 40.8 Å². The number of halogens is 6. The number of alkyl halides is 6. The molecule has 1 unspecified atom stereocenters. The van der Waals surface area contributed by atoms with Crippen LogP contribution in [0.2, 0.25) is 0 Å². The number of H-pyrrole nitrogens is 1. The molecule has 0 aromatic carbocycles. The first-order chi connectivity index (χ1) is 16.9. The van der Waals surface area contributed by atoms with E-state index in [1.165, 1.54) is 0 Å². The minimum Gasteiger partial charge on any atom is -0.378 e. The highest BCUT2D eigenvalue weighted by Crippen LogP contribution is 2.32. The van der Waals surface area contributed by atoms with Crippen molar-refractivity contribution in [1.29, 1.82) is 0 Å². The number of anilines is 2. The van der Waals surface area contributed by atoms with Gasteiger partial charge in [0, 0.05) is 31.5 Å². The number of ether oxygens (including phenoxy) is 1. The molecule has 0 aliphatic carbocycles. The van der Waals surface area contributed by atoms with E-state index in [9.17, 15) is 31.1 Å². The summed E-state index contributed by atoms with van der Waals surface area (Å²) in [5, 5.41) is 11.5. The normalized spacial score (nSPS) is 15.6. The molecule has 3 aromatic rings. The van der Waals surface area contributed by atoms with Crippen LogP contribution >= 0.6 is 0 Å². The first-order valence-electron chi connectivity index (χ1n) is 10.4. The second-order valence-corrected chi connectivity index (χ2v) is 7.96. The Morgan fingerprint density at radius 3 is 2.50 bits per heavy atom. The highest BCUT2D eigenvalue weighted by molar-refractivity contribution is 5.50. The summed E-state index contributed by atoms with van der Waals surface area (Å²) in [7, 11) is 0. The topological polar surface area (TPSA) is 135 Å². The number of rotatable bonds is 8. The lowest BCUT2D eigenvalue weighted by Crippen LogP contribution is -2.46. The molecule has 36 heavy (non-hydrogen) atoms. The molecule has 1 aliphatic heterocycles. The van der Waals surface area contributed by atoms with Crippen LogP contribution in [0.3, 0.4) is 0 Å². The molecule has 4 heterocycles. The Labute approximate surface area is 197 Å². The lowest BCUT2D eigenvalue weighted by Gasteiger charge is -2.37. The van der Waals surface area contributed by atoms with Crippen molar-refractivity contribution in [2.45, 2.75) is 37.8 Å². The SMILES string of the molecule is CC(COCc1nc(C2CN(c3ncc(C(F)(F)F)cn3)C2)no1)Nc1cn[nH]c(=O)c1C(F)(F)F. The van der Waals surface area contributed by atoms with Gasteiger partial charge in [0.25, 0.3) is 11.4 Å². The average molecular weight is 520 g/mol. The molecule has 1 atom stereocenters. The third kappa shape index (κ3) is 5.72. The van der Waals surface area contributed by atoms with Crippen LogP contribution in [-0.4, -0.2) is 56.0 Å². The predicted octanol–water partition coefficient (Wildman–Crippen LogP) is 2.60. The van der Waals surface area contributed by atoms with E-state index in [1.807, 2.05) is 0 Å². The summed E-state index contributed by atoms with van der Waals surface area (Å²) in [6.45, 7) is 2.13. The van der Waals surface area contributed by atoms with E-state index >= 15 is 0 Å². The molecule has 2 N–H and O–H groups in total. The first kappa shape index (κ1) is 25.3. The minimum absolute atomic E-state index is 0.0513. The van der Waals surface area contributed by atoms with Gasteiger partial charge in [0.1, 0.15) is 12.2 Å². The van der Waals surface area contributed by atoms with Gasteiger partial charge in [-0.3, -0.25) is 4.79 Å². The number of hydrogen-bond acceptors (Lipinski definition) is 10. The molecular weight excluding hydrogens is 502 g/mol. The molecule has 17 heteroatoms. The van der Waals surface area contributed by atoms with E-state index in [0.717, 1.165) is 6.20 Å². The molecule has 194 valence electrons. The Balaban J connectivity index is 1.24. The summed E-state index contributed by atoms with van der Waals surface area (Å²) in [6.07, 6.45) is -7.09. The molecule has 11 nitrogen and oxygen atoms in total. The smallest absolute Gasteiger partial charge is 0.378 e. The van der Waals surface area contributed by atoms with E-state index in [1.54, 1.807) is 16.9 Å². The van der Waals surface area contributed by atoms with Gasteiger partial charge in [0.2, 0.25) is 5.95 Å². The van der Waals surface area contributed by atoms with Gasteiger partial charge in [0.15, 0.2) is 5.82 Å². The van der Waals surface area contributed by atoms with Crippen LogP contribution in [0.15, 0.2) is 27.9 Å². The standard InChI is InChI=1S/C19H18F6N8O3/c1-9(29-12-4-28-31-16(34)14(12)19(23,24)25)7-35-8-13-30-15(32-36-13)10-5-33(6-10)17-26-2-11(3-27-17)18(20,21)22/h2-4,9-10H,5-8H2,1H3,(H2,29,31,34). The van der Waals surface area contributed by atoms with Crippen molar-refractivity contribution in [3.05, 3.63) is 51.8 Å². The van der Waals surface area contributed by atoms with E-state index in [2.05, 4.69) is 30.5 Å². The number of hydrogen-bond donors (Lipinski definition) is 2. The number of aromatic amines is 1. The van der Waals surface area contributed by atoms with Crippen LogP contribution < -0.4 is 15.8 Å². The molecule has 1 fully saturated rings. The molecule has 0 spiro atoms. The highest BCUT2D eigenvalue weighted by atomic mass is 19.4. The number of nitrogens with one attached hydrogen (secondary N) is 2. The van der Waals surface area contributed by atoms with E-state index in [-0.39, 0.29) is 31.0 Å². The van der Waals surface area contributed by atoms with Crippen molar-refractivity contribution in [2.24, 2.45) is 0 Å². The van der Waals surface area contributed by atoms with Gasteiger partial charge in [-0.25, -0.2) is 15.1 Å². The molecule has 0 radical (unpaired) electrons. The van der Waals surface area contributed by atoms with Crippen LogP contribution in [0.4, 0.5) is 38.0 Å².